The number of carbonyl (C=O) groups excluding carboxylic acids is 1. The summed E-state index contributed by atoms with van der Waals surface area (Å²) < 4.78 is 17.8. The van der Waals surface area contributed by atoms with Gasteiger partial charge in [-0.3, -0.25) is 4.79 Å². The largest absolute Gasteiger partial charge is 0.464 e. The van der Waals surface area contributed by atoms with Gasteiger partial charge in [-0.25, -0.2) is 0 Å². The highest BCUT2D eigenvalue weighted by atomic mass is 16.7. The zero-order valence-corrected chi connectivity index (χ0v) is 19.2. The summed E-state index contributed by atoms with van der Waals surface area (Å²) in [7, 11) is 0. The molecule has 1 aliphatic rings. The van der Waals surface area contributed by atoms with Crippen molar-refractivity contribution in [2.45, 2.75) is 38.4 Å². The first kappa shape index (κ1) is 22.9. The van der Waals surface area contributed by atoms with Crippen LogP contribution in [0.5, 0.6) is 0 Å². The number of hydrogen-bond donors (Lipinski definition) is 2. The molecule has 35 heavy (non-hydrogen) atoms. The van der Waals surface area contributed by atoms with Crippen LogP contribution in [-0.4, -0.2) is 17.3 Å². The fraction of sp³-hybridized carbons (Fsp3) is 0.207. The van der Waals surface area contributed by atoms with E-state index >= 15 is 0 Å². The predicted molar refractivity (Wildman–Crippen MR) is 132 cm³/mol. The lowest BCUT2D eigenvalue weighted by molar-refractivity contribution is -0.150. The highest BCUT2D eigenvalue weighted by molar-refractivity contribution is 5.92. The van der Waals surface area contributed by atoms with Crippen molar-refractivity contribution in [3.8, 4) is 0 Å². The summed E-state index contributed by atoms with van der Waals surface area (Å²) in [6.45, 7) is 0.732. The van der Waals surface area contributed by atoms with Gasteiger partial charge in [0.2, 0.25) is 6.29 Å². The second kappa shape index (κ2) is 10.6. The van der Waals surface area contributed by atoms with Gasteiger partial charge in [0.25, 0.3) is 5.91 Å². The Kier molecular flexibility index (Phi) is 6.93. The third kappa shape index (κ3) is 5.45. The summed E-state index contributed by atoms with van der Waals surface area (Å²) in [5, 5.41) is 13.2. The Morgan fingerprint density at radius 2 is 1.69 bits per heavy atom. The number of allylic oxidation sites excluding steroid dienone is 1. The van der Waals surface area contributed by atoms with Gasteiger partial charge in [-0.2, -0.15) is 0 Å². The Hall–Kier alpha value is -3.87. The van der Waals surface area contributed by atoms with Crippen molar-refractivity contribution in [2.24, 2.45) is 0 Å². The summed E-state index contributed by atoms with van der Waals surface area (Å²) >= 11 is 0. The van der Waals surface area contributed by atoms with Crippen molar-refractivity contribution in [2.75, 3.05) is 0 Å². The minimum Gasteiger partial charge on any atom is -0.464 e. The second-order valence-corrected chi connectivity index (χ2v) is 8.56. The summed E-state index contributed by atoms with van der Waals surface area (Å²) in [4.78, 5) is 13.0. The minimum absolute atomic E-state index is 0.000538. The molecule has 0 bridgehead atoms. The van der Waals surface area contributed by atoms with Gasteiger partial charge in [-0.15, -0.1) is 0 Å². The van der Waals surface area contributed by atoms with Gasteiger partial charge >= 0.3 is 0 Å². The van der Waals surface area contributed by atoms with E-state index in [2.05, 4.69) is 5.32 Å². The maximum Gasteiger partial charge on any atom is 0.286 e. The molecule has 6 heteroatoms. The molecule has 0 aliphatic carbocycles. The Labute approximate surface area is 203 Å². The molecule has 1 amide bonds. The molecule has 6 nitrogen and oxygen atoms in total. The van der Waals surface area contributed by atoms with Gasteiger partial charge < -0.3 is 24.3 Å². The number of aliphatic hydroxyl groups excluding tert-OH is 1. The van der Waals surface area contributed by atoms with Crippen LogP contribution >= 0.6 is 0 Å². The van der Waals surface area contributed by atoms with E-state index in [0.717, 1.165) is 33.2 Å². The number of benzene rings is 3. The molecule has 2 N–H and O–H groups in total. The van der Waals surface area contributed by atoms with Crippen molar-refractivity contribution in [3.05, 3.63) is 119 Å². The average molecular weight is 470 g/mol. The molecule has 5 rings (SSSR count). The lowest BCUT2D eigenvalue weighted by Gasteiger charge is -2.29. The van der Waals surface area contributed by atoms with Crippen molar-refractivity contribution >= 4 is 16.9 Å². The number of nitrogens with one attached hydrogen (secondary N) is 1. The number of hydrogen-bond acceptors (Lipinski definition) is 5. The van der Waals surface area contributed by atoms with E-state index in [9.17, 15) is 9.90 Å². The molecule has 0 saturated heterocycles. The number of aliphatic hydroxyl groups is 1. The molecule has 2 atom stereocenters. The van der Waals surface area contributed by atoms with Crippen LogP contribution in [0.2, 0.25) is 0 Å². The zero-order valence-electron chi connectivity index (χ0n) is 19.2. The molecule has 1 aromatic heterocycles. The number of carbonyl (C=O) groups is 1. The summed E-state index contributed by atoms with van der Waals surface area (Å²) in [6.07, 6.45) is 3.55. The van der Waals surface area contributed by atoms with Crippen LogP contribution < -0.4 is 5.32 Å². The molecule has 2 heterocycles. The SMILES string of the molecule is O=C(NCc1ccccc1)C1=C[C@H](c2coc3ccccc23)C[C@H](OCc2ccc(CO)cc2)O1. The molecule has 0 unspecified atom stereocenters. The average Bonchev–Trinajstić information content (AvgIpc) is 3.35. The fourth-order valence-corrected chi connectivity index (χ4v) is 4.22. The summed E-state index contributed by atoms with van der Waals surface area (Å²) in [5.41, 5.74) is 4.61. The molecule has 3 aromatic carbocycles. The highest BCUT2D eigenvalue weighted by Gasteiger charge is 2.30. The van der Waals surface area contributed by atoms with Crippen LogP contribution in [0.1, 0.15) is 34.6 Å². The normalized spacial score (nSPS) is 17.6. The van der Waals surface area contributed by atoms with Crippen LogP contribution in [0, 0.1) is 0 Å². The number of furan rings is 1. The van der Waals surface area contributed by atoms with E-state index < -0.39 is 6.29 Å². The van der Waals surface area contributed by atoms with Gasteiger partial charge in [-0.05, 0) is 28.8 Å². The van der Waals surface area contributed by atoms with Crippen LogP contribution in [0.15, 0.2) is 101 Å². The first-order chi connectivity index (χ1) is 17.2. The van der Waals surface area contributed by atoms with Crippen LogP contribution in [0.3, 0.4) is 0 Å². The molecule has 0 spiro atoms. The Morgan fingerprint density at radius 1 is 0.943 bits per heavy atom. The van der Waals surface area contributed by atoms with Gasteiger partial charge in [0.15, 0.2) is 5.76 Å². The maximum atomic E-state index is 13.0. The molecule has 178 valence electrons. The number of rotatable bonds is 8. The Balaban J connectivity index is 1.34. The van der Waals surface area contributed by atoms with E-state index in [-0.39, 0.29) is 24.2 Å². The van der Waals surface area contributed by atoms with E-state index in [1.54, 1.807) is 6.26 Å². The van der Waals surface area contributed by atoms with Crippen LogP contribution in [0.4, 0.5) is 0 Å². The van der Waals surface area contributed by atoms with Crippen molar-refractivity contribution < 1.29 is 23.8 Å². The van der Waals surface area contributed by atoms with E-state index in [0.29, 0.717) is 19.6 Å². The second-order valence-electron chi connectivity index (χ2n) is 8.56. The van der Waals surface area contributed by atoms with Gasteiger partial charge in [0, 0.05) is 29.8 Å². The number of fused-ring (bicyclic) bond motifs is 1. The number of para-hydroxylation sites is 1. The van der Waals surface area contributed by atoms with E-state index in [1.807, 2.05) is 84.9 Å². The maximum absolute atomic E-state index is 13.0. The number of ether oxygens (including phenoxy) is 2. The monoisotopic (exact) mass is 469 g/mol. The van der Waals surface area contributed by atoms with Crippen molar-refractivity contribution in [1.29, 1.82) is 0 Å². The lowest BCUT2D eigenvalue weighted by atomic mass is 9.92. The Bertz CT molecular complexity index is 1310. The van der Waals surface area contributed by atoms with Crippen LogP contribution in [-0.2, 0) is 34.0 Å². The molecule has 0 saturated carbocycles. The standard InChI is InChI=1S/C29H27NO5/c31-17-21-10-12-22(13-11-21)18-34-28-15-23(25-19-33-26-9-5-4-8-24(25)26)14-27(35-28)29(32)30-16-20-6-2-1-3-7-20/h1-14,19,23,28,31H,15-18H2,(H,30,32)/t23-,28+/m0/s1. The van der Waals surface area contributed by atoms with Gasteiger partial charge in [0.05, 0.1) is 19.5 Å². The molecular weight excluding hydrogens is 442 g/mol. The third-order valence-electron chi connectivity index (χ3n) is 6.13. The summed E-state index contributed by atoms with van der Waals surface area (Å²) in [5.74, 6) is -0.151. The molecule has 4 aromatic rings. The predicted octanol–water partition coefficient (Wildman–Crippen LogP) is 5.17. The zero-order chi connectivity index (χ0) is 24.0. The topological polar surface area (TPSA) is 80.9 Å². The number of amides is 1. The lowest BCUT2D eigenvalue weighted by Crippen LogP contribution is -2.32. The minimum atomic E-state index is -0.603. The third-order valence-corrected chi connectivity index (χ3v) is 6.13. The quantitative estimate of drug-likeness (QED) is 0.372. The Morgan fingerprint density at radius 3 is 2.49 bits per heavy atom. The van der Waals surface area contributed by atoms with Gasteiger partial charge in [0.1, 0.15) is 5.58 Å². The molecule has 0 fully saturated rings. The van der Waals surface area contributed by atoms with E-state index in [1.165, 1.54) is 0 Å². The summed E-state index contributed by atoms with van der Waals surface area (Å²) in [6, 6.07) is 25.2. The molecular formula is C29H27NO5. The van der Waals surface area contributed by atoms with Crippen molar-refractivity contribution in [3.63, 3.8) is 0 Å². The van der Waals surface area contributed by atoms with Crippen LogP contribution in [0.25, 0.3) is 11.0 Å². The van der Waals surface area contributed by atoms with Gasteiger partial charge in [-0.1, -0.05) is 72.8 Å². The molecule has 0 radical (unpaired) electrons. The highest BCUT2D eigenvalue weighted by Crippen LogP contribution is 2.36. The smallest absolute Gasteiger partial charge is 0.286 e. The molecule has 1 aliphatic heterocycles. The van der Waals surface area contributed by atoms with Crippen molar-refractivity contribution in [1.82, 2.24) is 5.32 Å². The fourth-order valence-electron chi connectivity index (χ4n) is 4.22. The first-order valence-electron chi connectivity index (χ1n) is 11.7. The first-order valence-corrected chi connectivity index (χ1v) is 11.7. The van der Waals surface area contributed by atoms with E-state index in [4.69, 9.17) is 13.9 Å².